The van der Waals surface area contributed by atoms with E-state index in [1.807, 2.05) is 6.07 Å². The van der Waals surface area contributed by atoms with Crippen molar-refractivity contribution in [3.8, 4) is 0 Å². The third kappa shape index (κ3) is 1.21. The van der Waals surface area contributed by atoms with Gasteiger partial charge >= 0.3 is 0 Å². The van der Waals surface area contributed by atoms with E-state index in [1.54, 1.807) is 12.4 Å². The Morgan fingerprint density at radius 2 is 2.50 bits per heavy atom. The first-order chi connectivity index (χ1) is 6.93. The predicted octanol–water partition coefficient (Wildman–Crippen LogP) is 2.25. The summed E-state index contributed by atoms with van der Waals surface area (Å²) >= 11 is 0. The van der Waals surface area contributed by atoms with E-state index in [9.17, 15) is 0 Å². The summed E-state index contributed by atoms with van der Waals surface area (Å²) in [6, 6.07) is 4.50. The Balaban J connectivity index is 2.05. The number of hydrogen-bond donors (Lipinski definition) is 1. The molecule has 0 bridgehead atoms. The van der Waals surface area contributed by atoms with Crippen molar-refractivity contribution in [1.82, 2.24) is 10.3 Å². The molecule has 0 saturated carbocycles. The second-order valence-electron chi connectivity index (χ2n) is 3.71. The van der Waals surface area contributed by atoms with E-state index in [1.165, 1.54) is 12.8 Å². The predicted molar refractivity (Wildman–Crippen MR) is 54.0 cm³/mol. The molecule has 1 aliphatic rings. The first kappa shape index (κ1) is 8.00. The minimum Gasteiger partial charge on any atom is -0.458 e. The zero-order valence-corrected chi connectivity index (χ0v) is 7.86. The molecule has 2 aromatic heterocycles. The van der Waals surface area contributed by atoms with Crippen LogP contribution in [0.1, 0.15) is 24.6 Å². The number of nitrogens with one attached hydrogen (secondary N) is 1. The van der Waals surface area contributed by atoms with Crippen LogP contribution in [0, 0.1) is 0 Å². The SMILES string of the molecule is c1cc2cc(C3CCCN3)oc2cn1. The summed E-state index contributed by atoms with van der Waals surface area (Å²) in [4.78, 5) is 4.04. The van der Waals surface area contributed by atoms with Gasteiger partial charge in [-0.2, -0.15) is 0 Å². The quantitative estimate of drug-likeness (QED) is 0.745. The van der Waals surface area contributed by atoms with Gasteiger partial charge < -0.3 is 9.73 Å². The molecule has 2 aromatic rings. The molecule has 1 saturated heterocycles. The molecule has 1 atom stereocenters. The smallest absolute Gasteiger partial charge is 0.152 e. The number of aromatic nitrogens is 1. The fraction of sp³-hybridized carbons (Fsp3) is 0.364. The van der Waals surface area contributed by atoms with Crippen LogP contribution in [0.3, 0.4) is 0 Å². The molecule has 72 valence electrons. The van der Waals surface area contributed by atoms with Crippen molar-refractivity contribution < 1.29 is 4.42 Å². The Morgan fingerprint density at radius 1 is 1.50 bits per heavy atom. The van der Waals surface area contributed by atoms with Crippen molar-refractivity contribution in [3.63, 3.8) is 0 Å². The number of hydrogen-bond acceptors (Lipinski definition) is 3. The molecular formula is C11H12N2O. The highest BCUT2D eigenvalue weighted by atomic mass is 16.3. The molecule has 1 fully saturated rings. The molecule has 3 nitrogen and oxygen atoms in total. The Labute approximate surface area is 82.1 Å². The fourth-order valence-electron chi connectivity index (χ4n) is 2.00. The highest BCUT2D eigenvalue weighted by Crippen LogP contribution is 2.28. The lowest BCUT2D eigenvalue weighted by atomic mass is 10.2. The van der Waals surface area contributed by atoms with Crippen LogP contribution in [0.15, 0.2) is 28.9 Å². The summed E-state index contributed by atoms with van der Waals surface area (Å²) in [6.07, 6.45) is 5.98. The molecule has 3 heteroatoms. The van der Waals surface area contributed by atoms with Crippen LogP contribution >= 0.6 is 0 Å². The van der Waals surface area contributed by atoms with Gasteiger partial charge in [0.15, 0.2) is 5.58 Å². The lowest BCUT2D eigenvalue weighted by Gasteiger charge is -2.04. The number of furan rings is 1. The molecule has 0 aliphatic carbocycles. The molecule has 3 rings (SSSR count). The van der Waals surface area contributed by atoms with Gasteiger partial charge in [-0.3, -0.25) is 4.98 Å². The number of nitrogens with zero attached hydrogens (tertiary/aromatic N) is 1. The minimum atomic E-state index is 0.405. The zero-order chi connectivity index (χ0) is 9.38. The average Bonchev–Trinajstić information content (AvgIpc) is 2.86. The monoisotopic (exact) mass is 188 g/mol. The third-order valence-electron chi connectivity index (χ3n) is 2.75. The number of pyridine rings is 1. The molecule has 3 heterocycles. The molecule has 1 unspecified atom stereocenters. The Bertz CT molecular complexity index is 410. The molecule has 14 heavy (non-hydrogen) atoms. The zero-order valence-electron chi connectivity index (χ0n) is 7.86. The van der Waals surface area contributed by atoms with Crippen molar-refractivity contribution in [2.24, 2.45) is 0 Å². The van der Waals surface area contributed by atoms with Crippen molar-refractivity contribution in [1.29, 1.82) is 0 Å². The van der Waals surface area contributed by atoms with E-state index in [2.05, 4.69) is 16.4 Å². The molecule has 0 spiro atoms. The van der Waals surface area contributed by atoms with Gasteiger partial charge in [-0.05, 0) is 31.5 Å². The molecule has 1 N–H and O–H groups in total. The fourth-order valence-corrected chi connectivity index (χ4v) is 2.00. The van der Waals surface area contributed by atoms with Crippen molar-refractivity contribution in [2.75, 3.05) is 6.54 Å². The number of rotatable bonds is 1. The van der Waals surface area contributed by atoms with Gasteiger partial charge in [0, 0.05) is 11.6 Å². The summed E-state index contributed by atoms with van der Waals surface area (Å²) in [5.41, 5.74) is 0.885. The first-order valence-corrected chi connectivity index (χ1v) is 5.00. The normalized spacial score (nSPS) is 21.9. The summed E-state index contributed by atoms with van der Waals surface area (Å²) in [7, 11) is 0. The highest BCUT2D eigenvalue weighted by Gasteiger charge is 2.19. The summed E-state index contributed by atoms with van der Waals surface area (Å²) in [5, 5.41) is 4.56. The van der Waals surface area contributed by atoms with Crippen molar-refractivity contribution in [3.05, 3.63) is 30.3 Å². The second kappa shape index (κ2) is 3.10. The van der Waals surface area contributed by atoms with E-state index in [0.717, 1.165) is 23.3 Å². The van der Waals surface area contributed by atoms with Gasteiger partial charge in [0.2, 0.25) is 0 Å². The minimum absolute atomic E-state index is 0.405. The molecule has 0 radical (unpaired) electrons. The summed E-state index contributed by atoms with van der Waals surface area (Å²) in [5.74, 6) is 1.05. The maximum absolute atomic E-state index is 5.73. The molecule has 0 amide bonds. The average molecular weight is 188 g/mol. The van der Waals surface area contributed by atoms with E-state index < -0.39 is 0 Å². The Kier molecular flexibility index (Phi) is 1.77. The van der Waals surface area contributed by atoms with Crippen LogP contribution in [0.5, 0.6) is 0 Å². The maximum atomic E-state index is 5.73. The van der Waals surface area contributed by atoms with Crippen LogP contribution in [-0.4, -0.2) is 11.5 Å². The lowest BCUT2D eigenvalue weighted by Crippen LogP contribution is -2.11. The van der Waals surface area contributed by atoms with Crippen LogP contribution in [0.4, 0.5) is 0 Å². The summed E-state index contributed by atoms with van der Waals surface area (Å²) < 4.78 is 5.73. The summed E-state index contributed by atoms with van der Waals surface area (Å²) in [6.45, 7) is 1.10. The van der Waals surface area contributed by atoms with Crippen molar-refractivity contribution >= 4 is 11.0 Å². The van der Waals surface area contributed by atoms with E-state index >= 15 is 0 Å². The number of fused-ring (bicyclic) bond motifs is 1. The highest BCUT2D eigenvalue weighted by molar-refractivity contribution is 5.76. The maximum Gasteiger partial charge on any atom is 0.152 e. The van der Waals surface area contributed by atoms with E-state index in [-0.39, 0.29) is 0 Å². The first-order valence-electron chi connectivity index (χ1n) is 5.00. The largest absolute Gasteiger partial charge is 0.458 e. The van der Waals surface area contributed by atoms with Gasteiger partial charge in [0.1, 0.15) is 5.76 Å². The van der Waals surface area contributed by atoms with Crippen LogP contribution in [0.25, 0.3) is 11.0 Å². The standard InChI is InChI=1S/C11H12N2O/c1-2-9(13-4-1)10-6-8-3-5-12-7-11(8)14-10/h3,5-7,9,13H,1-2,4H2. The van der Waals surface area contributed by atoms with Crippen LogP contribution < -0.4 is 5.32 Å². The molecular weight excluding hydrogens is 176 g/mol. The second-order valence-corrected chi connectivity index (χ2v) is 3.71. The van der Waals surface area contributed by atoms with Gasteiger partial charge in [0.25, 0.3) is 0 Å². The Morgan fingerprint density at radius 3 is 3.29 bits per heavy atom. The van der Waals surface area contributed by atoms with Gasteiger partial charge in [-0.25, -0.2) is 0 Å². The van der Waals surface area contributed by atoms with Gasteiger partial charge in [0.05, 0.1) is 12.2 Å². The van der Waals surface area contributed by atoms with Crippen LogP contribution in [-0.2, 0) is 0 Å². The van der Waals surface area contributed by atoms with E-state index in [0.29, 0.717) is 6.04 Å². The van der Waals surface area contributed by atoms with Gasteiger partial charge in [-0.1, -0.05) is 0 Å². The lowest BCUT2D eigenvalue weighted by molar-refractivity contribution is 0.470. The van der Waals surface area contributed by atoms with Gasteiger partial charge in [-0.15, -0.1) is 0 Å². The Hall–Kier alpha value is -1.35. The topological polar surface area (TPSA) is 38.1 Å². The van der Waals surface area contributed by atoms with E-state index in [4.69, 9.17) is 4.42 Å². The van der Waals surface area contributed by atoms with Crippen LogP contribution in [0.2, 0.25) is 0 Å². The molecule has 0 aromatic carbocycles. The van der Waals surface area contributed by atoms with Crippen molar-refractivity contribution in [2.45, 2.75) is 18.9 Å². The molecule has 1 aliphatic heterocycles. The third-order valence-corrected chi connectivity index (χ3v) is 2.75.